The van der Waals surface area contributed by atoms with Crippen molar-refractivity contribution in [3.05, 3.63) is 41.8 Å². The van der Waals surface area contributed by atoms with E-state index in [4.69, 9.17) is 4.52 Å². The van der Waals surface area contributed by atoms with Gasteiger partial charge in [0.1, 0.15) is 0 Å². The Morgan fingerprint density at radius 3 is 2.42 bits per heavy atom. The molecule has 6 heteroatoms. The molecule has 3 heterocycles. The van der Waals surface area contributed by atoms with Gasteiger partial charge in [0, 0.05) is 51.0 Å². The van der Waals surface area contributed by atoms with Crippen LogP contribution in [0.1, 0.15) is 50.0 Å². The van der Waals surface area contributed by atoms with Crippen LogP contribution < -0.4 is 0 Å². The Morgan fingerprint density at radius 1 is 1.08 bits per heavy atom. The summed E-state index contributed by atoms with van der Waals surface area (Å²) in [6.07, 6.45) is 4.81. The first kappa shape index (κ1) is 17.0. The molecule has 1 aliphatic heterocycles. The number of piperazine rings is 1. The van der Waals surface area contributed by atoms with E-state index < -0.39 is 0 Å². The Hall–Kier alpha value is -1.79. The first-order valence-electron chi connectivity index (χ1n) is 8.82. The molecule has 0 saturated carbocycles. The Bertz CT molecular complexity index is 619. The van der Waals surface area contributed by atoms with E-state index in [1.54, 1.807) is 0 Å². The van der Waals surface area contributed by atoms with Crippen LogP contribution in [0.25, 0.3) is 0 Å². The standard InChI is InChI=1S/C18H27N5O/c1-14(2)17-20-18(24-21-17)15(3)23-12-10-22(11-13-23)9-6-16-4-7-19-8-5-16/h4-5,7-8,14-15H,6,9-13H2,1-3H3/t15-/m0/s1. The molecular weight excluding hydrogens is 302 g/mol. The summed E-state index contributed by atoms with van der Waals surface area (Å²) in [4.78, 5) is 13.6. The van der Waals surface area contributed by atoms with Crippen LogP contribution in [0, 0.1) is 0 Å². The van der Waals surface area contributed by atoms with Gasteiger partial charge in [0.25, 0.3) is 0 Å². The molecule has 0 aliphatic carbocycles. The summed E-state index contributed by atoms with van der Waals surface area (Å²) < 4.78 is 5.45. The second kappa shape index (κ2) is 7.85. The van der Waals surface area contributed by atoms with Crippen LogP contribution in [0.4, 0.5) is 0 Å². The van der Waals surface area contributed by atoms with Crippen molar-refractivity contribution in [2.45, 2.75) is 39.2 Å². The van der Waals surface area contributed by atoms with Crippen LogP contribution in [-0.2, 0) is 6.42 Å². The highest BCUT2D eigenvalue weighted by molar-refractivity contribution is 5.10. The van der Waals surface area contributed by atoms with Crippen LogP contribution in [0.15, 0.2) is 29.0 Å². The third kappa shape index (κ3) is 4.19. The molecule has 1 saturated heterocycles. The van der Waals surface area contributed by atoms with E-state index in [1.807, 2.05) is 12.4 Å². The summed E-state index contributed by atoms with van der Waals surface area (Å²) in [6.45, 7) is 11.7. The molecule has 3 rings (SSSR count). The number of aromatic nitrogens is 3. The van der Waals surface area contributed by atoms with Gasteiger partial charge in [-0.2, -0.15) is 4.98 Å². The number of pyridine rings is 1. The average Bonchev–Trinajstić information content (AvgIpc) is 3.11. The quantitative estimate of drug-likeness (QED) is 0.811. The van der Waals surface area contributed by atoms with Crippen molar-refractivity contribution in [2.24, 2.45) is 0 Å². The lowest BCUT2D eigenvalue weighted by Gasteiger charge is -2.36. The van der Waals surface area contributed by atoms with Gasteiger partial charge < -0.3 is 9.42 Å². The van der Waals surface area contributed by atoms with Crippen molar-refractivity contribution in [1.82, 2.24) is 24.9 Å². The van der Waals surface area contributed by atoms with Crippen molar-refractivity contribution in [2.75, 3.05) is 32.7 Å². The maximum atomic E-state index is 5.45. The van der Waals surface area contributed by atoms with Crippen molar-refractivity contribution in [1.29, 1.82) is 0 Å². The molecule has 0 unspecified atom stereocenters. The molecule has 1 fully saturated rings. The van der Waals surface area contributed by atoms with E-state index in [9.17, 15) is 0 Å². The van der Waals surface area contributed by atoms with Crippen molar-refractivity contribution in [3.63, 3.8) is 0 Å². The molecule has 0 N–H and O–H groups in total. The number of hydrogen-bond acceptors (Lipinski definition) is 6. The molecular formula is C18H27N5O. The van der Waals surface area contributed by atoms with Crippen LogP contribution in [0.3, 0.4) is 0 Å². The maximum absolute atomic E-state index is 5.45. The third-order valence-corrected chi connectivity index (χ3v) is 4.75. The fraction of sp³-hybridized carbons (Fsp3) is 0.611. The third-order valence-electron chi connectivity index (χ3n) is 4.75. The van der Waals surface area contributed by atoms with Gasteiger partial charge in [0.15, 0.2) is 5.82 Å². The highest BCUT2D eigenvalue weighted by Crippen LogP contribution is 2.22. The molecule has 6 nitrogen and oxygen atoms in total. The van der Waals surface area contributed by atoms with Gasteiger partial charge in [0.2, 0.25) is 5.89 Å². The monoisotopic (exact) mass is 329 g/mol. The number of rotatable bonds is 6. The highest BCUT2D eigenvalue weighted by Gasteiger charge is 2.25. The summed E-state index contributed by atoms with van der Waals surface area (Å²) in [7, 11) is 0. The van der Waals surface area contributed by atoms with E-state index in [0.717, 1.165) is 50.9 Å². The molecule has 2 aromatic rings. The molecule has 0 aromatic carbocycles. The minimum atomic E-state index is 0.187. The Kier molecular flexibility index (Phi) is 5.58. The van der Waals surface area contributed by atoms with Gasteiger partial charge in [-0.25, -0.2) is 0 Å². The highest BCUT2D eigenvalue weighted by atomic mass is 16.5. The second-order valence-corrected chi connectivity index (χ2v) is 6.80. The number of hydrogen-bond donors (Lipinski definition) is 0. The van der Waals surface area contributed by atoms with E-state index in [-0.39, 0.29) is 6.04 Å². The van der Waals surface area contributed by atoms with E-state index in [0.29, 0.717) is 5.92 Å². The molecule has 0 bridgehead atoms. The zero-order chi connectivity index (χ0) is 16.9. The summed E-state index contributed by atoms with van der Waals surface area (Å²) in [5.41, 5.74) is 1.35. The van der Waals surface area contributed by atoms with E-state index in [2.05, 4.69) is 57.8 Å². The fourth-order valence-electron chi connectivity index (χ4n) is 3.02. The smallest absolute Gasteiger partial charge is 0.243 e. The van der Waals surface area contributed by atoms with Crippen molar-refractivity contribution < 1.29 is 4.52 Å². The lowest BCUT2D eigenvalue weighted by atomic mass is 10.1. The molecule has 24 heavy (non-hydrogen) atoms. The van der Waals surface area contributed by atoms with Crippen LogP contribution >= 0.6 is 0 Å². The zero-order valence-corrected chi connectivity index (χ0v) is 14.9. The van der Waals surface area contributed by atoms with Crippen molar-refractivity contribution in [3.8, 4) is 0 Å². The van der Waals surface area contributed by atoms with Crippen LogP contribution in [-0.4, -0.2) is 57.6 Å². The van der Waals surface area contributed by atoms with Gasteiger partial charge >= 0.3 is 0 Å². The molecule has 0 amide bonds. The first-order chi connectivity index (χ1) is 11.6. The van der Waals surface area contributed by atoms with E-state index in [1.165, 1.54) is 5.56 Å². The minimum absolute atomic E-state index is 0.187. The molecule has 0 spiro atoms. The second-order valence-electron chi connectivity index (χ2n) is 6.80. The maximum Gasteiger partial charge on any atom is 0.243 e. The molecule has 1 aliphatic rings. The van der Waals surface area contributed by atoms with E-state index >= 15 is 0 Å². The average molecular weight is 329 g/mol. The summed E-state index contributed by atoms with van der Waals surface area (Å²) in [6, 6.07) is 4.38. The Balaban J connectivity index is 1.47. The first-order valence-corrected chi connectivity index (χ1v) is 8.82. The molecule has 0 radical (unpaired) electrons. The van der Waals surface area contributed by atoms with Gasteiger partial charge in [0.05, 0.1) is 6.04 Å². The van der Waals surface area contributed by atoms with Crippen LogP contribution in [0.2, 0.25) is 0 Å². The predicted octanol–water partition coefficient (Wildman–Crippen LogP) is 2.51. The zero-order valence-electron chi connectivity index (χ0n) is 14.9. The van der Waals surface area contributed by atoms with Crippen LogP contribution in [0.5, 0.6) is 0 Å². The predicted molar refractivity (Wildman–Crippen MR) is 92.8 cm³/mol. The minimum Gasteiger partial charge on any atom is -0.338 e. The summed E-state index contributed by atoms with van der Waals surface area (Å²) >= 11 is 0. The molecule has 1 atom stereocenters. The van der Waals surface area contributed by atoms with Gasteiger partial charge in [-0.3, -0.25) is 9.88 Å². The largest absolute Gasteiger partial charge is 0.338 e. The normalized spacial score (nSPS) is 18.2. The van der Waals surface area contributed by atoms with Crippen molar-refractivity contribution >= 4 is 0 Å². The van der Waals surface area contributed by atoms with Gasteiger partial charge in [-0.15, -0.1) is 0 Å². The Morgan fingerprint density at radius 2 is 1.79 bits per heavy atom. The Labute approximate surface area is 143 Å². The molecule has 130 valence electrons. The van der Waals surface area contributed by atoms with Gasteiger partial charge in [-0.05, 0) is 31.0 Å². The fourth-order valence-corrected chi connectivity index (χ4v) is 3.02. The molecule has 2 aromatic heterocycles. The SMILES string of the molecule is CC(C)c1noc([C@H](C)N2CCN(CCc3ccncc3)CC2)n1. The number of nitrogens with zero attached hydrogens (tertiary/aromatic N) is 5. The summed E-state index contributed by atoms with van der Waals surface area (Å²) in [5, 5.41) is 4.08. The summed E-state index contributed by atoms with van der Waals surface area (Å²) in [5.74, 6) is 1.84. The topological polar surface area (TPSA) is 58.3 Å². The lowest BCUT2D eigenvalue weighted by molar-refractivity contribution is 0.0890. The van der Waals surface area contributed by atoms with Gasteiger partial charge in [-0.1, -0.05) is 19.0 Å². The lowest BCUT2D eigenvalue weighted by Crippen LogP contribution is -2.47.